The summed E-state index contributed by atoms with van der Waals surface area (Å²) in [5.74, 6) is 4.38. The van der Waals surface area contributed by atoms with Crippen LogP contribution in [0.4, 0.5) is 0 Å². The number of hydrogen-bond donors (Lipinski definition) is 0. The highest BCUT2D eigenvalue weighted by Crippen LogP contribution is 2.54. The summed E-state index contributed by atoms with van der Waals surface area (Å²) in [4.78, 5) is 0. The Morgan fingerprint density at radius 2 is 1.64 bits per heavy atom. The second-order valence-corrected chi connectivity index (χ2v) is 4.07. The van der Waals surface area contributed by atoms with Crippen LogP contribution in [0.5, 0.6) is 0 Å². The minimum atomic E-state index is 1.02. The molecule has 0 saturated heterocycles. The van der Waals surface area contributed by atoms with Gasteiger partial charge in [-0.25, -0.2) is 0 Å². The van der Waals surface area contributed by atoms with E-state index in [2.05, 4.69) is 13.8 Å². The fourth-order valence-electron chi connectivity index (χ4n) is 2.41. The Morgan fingerprint density at radius 1 is 1.00 bits per heavy atom. The van der Waals surface area contributed by atoms with Crippen molar-refractivity contribution in [1.82, 2.24) is 0 Å². The molecule has 2 rings (SSSR count). The van der Waals surface area contributed by atoms with Gasteiger partial charge in [0.05, 0.1) is 0 Å². The van der Waals surface area contributed by atoms with E-state index in [0.29, 0.717) is 0 Å². The van der Waals surface area contributed by atoms with Crippen molar-refractivity contribution in [2.75, 3.05) is 0 Å². The van der Waals surface area contributed by atoms with E-state index in [0.717, 1.165) is 23.7 Å². The van der Waals surface area contributed by atoms with Crippen molar-refractivity contribution in [3.05, 3.63) is 0 Å². The maximum Gasteiger partial charge on any atom is -0.0355 e. The molecule has 0 aromatic heterocycles. The van der Waals surface area contributed by atoms with Gasteiger partial charge in [-0.3, -0.25) is 0 Å². The van der Waals surface area contributed by atoms with E-state index in [1.807, 2.05) is 13.8 Å². The first-order valence-corrected chi connectivity index (χ1v) is 5.29. The third kappa shape index (κ3) is 1.77. The van der Waals surface area contributed by atoms with Gasteiger partial charge in [-0.2, -0.15) is 0 Å². The van der Waals surface area contributed by atoms with Crippen LogP contribution in [0.3, 0.4) is 0 Å². The van der Waals surface area contributed by atoms with Crippen LogP contribution in [0.2, 0.25) is 0 Å². The lowest BCUT2D eigenvalue weighted by Crippen LogP contribution is -2.15. The van der Waals surface area contributed by atoms with E-state index in [9.17, 15) is 0 Å². The molecule has 0 aromatic carbocycles. The average molecular weight is 154 g/mol. The third-order valence-corrected chi connectivity index (χ3v) is 3.54. The molecule has 0 nitrogen and oxygen atoms in total. The summed E-state index contributed by atoms with van der Waals surface area (Å²) >= 11 is 0. The standard InChI is InChI=1S/C9H16.C2H6/c1-6-3-4-8-5-9(8)7(6)2;1-2/h6-9H,3-5H2,1-2H3;1-2H3. The highest BCUT2D eigenvalue weighted by molar-refractivity contribution is 4.95. The summed E-state index contributed by atoms with van der Waals surface area (Å²) in [5.41, 5.74) is 0. The molecule has 0 aliphatic heterocycles. The maximum absolute atomic E-state index is 2.44. The largest absolute Gasteiger partial charge is 0.0683 e. The third-order valence-electron chi connectivity index (χ3n) is 3.54. The van der Waals surface area contributed by atoms with Crippen LogP contribution in [0.15, 0.2) is 0 Å². The molecule has 0 heteroatoms. The summed E-state index contributed by atoms with van der Waals surface area (Å²) in [6, 6.07) is 0. The highest BCUT2D eigenvalue weighted by Gasteiger charge is 2.45. The monoisotopic (exact) mass is 154 g/mol. The zero-order chi connectivity index (χ0) is 8.43. The normalized spacial score (nSPS) is 46.9. The molecule has 4 unspecified atom stereocenters. The van der Waals surface area contributed by atoms with E-state index in [1.165, 1.54) is 12.8 Å². The number of rotatable bonds is 0. The highest BCUT2D eigenvalue weighted by atomic mass is 14.5. The first kappa shape index (κ1) is 9.09. The van der Waals surface area contributed by atoms with Crippen molar-refractivity contribution >= 4 is 0 Å². The van der Waals surface area contributed by atoms with E-state index in [-0.39, 0.29) is 0 Å². The molecule has 11 heavy (non-hydrogen) atoms. The Morgan fingerprint density at radius 3 is 2.18 bits per heavy atom. The molecule has 2 saturated carbocycles. The summed E-state index contributed by atoms with van der Waals surface area (Å²) in [7, 11) is 0. The zero-order valence-electron chi connectivity index (χ0n) is 8.43. The van der Waals surface area contributed by atoms with Gasteiger partial charge in [-0.15, -0.1) is 0 Å². The van der Waals surface area contributed by atoms with E-state index < -0.39 is 0 Å². The van der Waals surface area contributed by atoms with Crippen molar-refractivity contribution in [1.29, 1.82) is 0 Å². The van der Waals surface area contributed by atoms with Gasteiger partial charge in [-0.1, -0.05) is 34.1 Å². The van der Waals surface area contributed by atoms with Crippen LogP contribution in [-0.2, 0) is 0 Å². The molecule has 2 fully saturated rings. The van der Waals surface area contributed by atoms with Crippen molar-refractivity contribution in [2.45, 2.75) is 47.0 Å². The van der Waals surface area contributed by atoms with Gasteiger partial charge >= 0.3 is 0 Å². The lowest BCUT2D eigenvalue weighted by atomic mass is 9.82. The molecule has 0 radical (unpaired) electrons. The fourth-order valence-corrected chi connectivity index (χ4v) is 2.41. The summed E-state index contributed by atoms with van der Waals surface area (Å²) < 4.78 is 0. The van der Waals surface area contributed by atoms with E-state index in [1.54, 1.807) is 6.42 Å². The van der Waals surface area contributed by atoms with E-state index >= 15 is 0 Å². The summed E-state index contributed by atoms with van der Waals surface area (Å²) in [5, 5.41) is 0. The minimum absolute atomic E-state index is 1.02. The molecule has 0 N–H and O–H groups in total. The molecular weight excluding hydrogens is 132 g/mol. The second-order valence-electron chi connectivity index (χ2n) is 4.07. The zero-order valence-corrected chi connectivity index (χ0v) is 8.43. The molecule has 0 amide bonds. The molecule has 2 aliphatic rings. The number of fused-ring (bicyclic) bond motifs is 1. The van der Waals surface area contributed by atoms with Crippen LogP contribution < -0.4 is 0 Å². The Bertz CT molecular complexity index is 115. The SMILES string of the molecule is CC.CC1CCC2CC2C1C. The van der Waals surface area contributed by atoms with E-state index in [4.69, 9.17) is 0 Å². The Balaban J connectivity index is 0.000000281. The molecule has 0 heterocycles. The predicted octanol–water partition coefficient (Wildman–Crippen LogP) is 3.71. The Labute approximate surface area is 71.4 Å². The van der Waals surface area contributed by atoms with Gasteiger partial charge in [-0.05, 0) is 36.5 Å². The van der Waals surface area contributed by atoms with Gasteiger partial charge in [0.2, 0.25) is 0 Å². The molecular formula is C11H22. The lowest BCUT2D eigenvalue weighted by molar-refractivity contribution is 0.259. The second kappa shape index (κ2) is 3.60. The molecule has 2 aliphatic carbocycles. The van der Waals surface area contributed by atoms with Crippen molar-refractivity contribution in [3.63, 3.8) is 0 Å². The van der Waals surface area contributed by atoms with Gasteiger partial charge in [0.1, 0.15) is 0 Å². The van der Waals surface area contributed by atoms with Crippen LogP contribution in [0, 0.1) is 23.7 Å². The Hall–Kier alpha value is 0. The van der Waals surface area contributed by atoms with Crippen molar-refractivity contribution < 1.29 is 0 Å². The molecule has 4 atom stereocenters. The first-order valence-electron chi connectivity index (χ1n) is 5.29. The van der Waals surface area contributed by atoms with Gasteiger partial charge in [0.15, 0.2) is 0 Å². The minimum Gasteiger partial charge on any atom is -0.0683 e. The quantitative estimate of drug-likeness (QED) is 0.499. The first-order chi connectivity index (χ1) is 5.29. The smallest absolute Gasteiger partial charge is 0.0355 e. The molecule has 0 spiro atoms. The van der Waals surface area contributed by atoms with Crippen LogP contribution in [-0.4, -0.2) is 0 Å². The van der Waals surface area contributed by atoms with Crippen LogP contribution >= 0.6 is 0 Å². The fraction of sp³-hybridized carbons (Fsp3) is 1.00. The lowest BCUT2D eigenvalue weighted by Gasteiger charge is -2.24. The molecule has 0 bridgehead atoms. The topological polar surface area (TPSA) is 0 Å². The average Bonchev–Trinajstić information content (AvgIpc) is 2.81. The maximum atomic E-state index is 2.44. The van der Waals surface area contributed by atoms with Crippen molar-refractivity contribution in [2.24, 2.45) is 23.7 Å². The number of hydrogen-bond acceptors (Lipinski definition) is 0. The Kier molecular flexibility index (Phi) is 2.98. The predicted molar refractivity (Wildman–Crippen MR) is 50.5 cm³/mol. The molecule has 66 valence electrons. The van der Waals surface area contributed by atoms with Gasteiger partial charge in [0.25, 0.3) is 0 Å². The van der Waals surface area contributed by atoms with Gasteiger partial charge in [0, 0.05) is 0 Å². The van der Waals surface area contributed by atoms with Crippen LogP contribution in [0.1, 0.15) is 47.0 Å². The van der Waals surface area contributed by atoms with Gasteiger partial charge < -0.3 is 0 Å². The molecule has 0 aromatic rings. The van der Waals surface area contributed by atoms with Crippen molar-refractivity contribution in [3.8, 4) is 0 Å². The van der Waals surface area contributed by atoms with Crippen LogP contribution in [0.25, 0.3) is 0 Å². The summed E-state index contributed by atoms with van der Waals surface area (Å²) in [6.45, 7) is 8.85. The summed E-state index contributed by atoms with van der Waals surface area (Å²) in [6.07, 6.45) is 4.60.